The summed E-state index contributed by atoms with van der Waals surface area (Å²) >= 11 is 0. The van der Waals surface area contributed by atoms with Crippen LogP contribution < -0.4 is 11.1 Å². The van der Waals surface area contributed by atoms with Crippen LogP contribution >= 0.6 is 0 Å². The van der Waals surface area contributed by atoms with Gasteiger partial charge in [0.25, 0.3) is 0 Å². The van der Waals surface area contributed by atoms with Gasteiger partial charge >= 0.3 is 0 Å². The van der Waals surface area contributed by atoms with E-state index in [2.05, 4.69) is 15.5 Å². The van der Waals surface area contributed by atoms with E-state index in [9.17, 15) is 0 Å². The van der Waals surface area contributed by atoms with Crippen LogP contribution in [-0.4, -0.2) is 27.7 Å². The van der Waals surface area contributed by atoms with Crippen molar-refractivity contribution in [3.63, 3.8) is 0 Å². The normalized spacial score (nSPS) is 20.6. The zero-order valence-corrected chi connectivity index (χ0v) is 9.06. The summed E-state index contributed by atoms with van der Waals surface area (Å²) in [6, 6.07) is 3.78. The van der Waals surface area contributed by atoms with Gasteiger partial charge in [0.1, 0.15) is 5.82 Å². The van der Waals surface area contributed by atoms with Gasteiger partial charge in [-0.3, -0.25) is 4.40 Å². The fourth-order valence-electron chi connectivity index (χ4n) is 2.27. The first kappa shape index (κ1) is 9.59. The molecule has 0 amide bonds. The van der Waals surface area contributed by atoms with Crippen LogP contribution in [0.5, 0.6) is 0 Å². The lowest BCUT2D eigenvalue weighted by Crippen LogP contribution is -2.12. The van der Waals surface area contributed by atoms with Gasteiger partial charge in [0.2, 0.25) is 0 Å². The van der Waals surface area contributed by atoms with E-state index >= 15 is 0 Å². The van der Waals surface area contributed by atoms with Crippen molar-refractivity contribution in [3.05, 3.63) is 24.2 Å². The zero-order valence-electron chi connectivity index (χ0n) is 9.06. The molecule has 1 atom stereocenters. The van der Waals surface area contributed by atoms with Crippen molar-refractivity contribution >= 4 is 11.3 Å². The third-order valence-corrected chi connectivity index (χ3v) is 3.17. The number of hydrogen-bond donors (Lipinski definition) is 2. The van der Waals surface area contributed by atoms with E-state index < -0.39 is 0 Å². The van der Waals surface area contributed by atoms with E-state index in [0.29, 0.717) is 11.6 Å². The monoisotopic (exact) mass is 217 g/mol. The molecule has 0 radical (unpaired) electrons. The minimum atomic E-state index is 0.675. The molecule has 0 saturated carbocycles. The number of fused-ring (bicyclic) bond motifs is 1. The quantitative estimate of drug-likeness (QED) is 0.767. The first-order valence-corrected chi connectivity index (χ1v) is 5.63. The molecule has 1 aliphatic heterocycles. The van der Waals surface area contributed by atoms with Crippen LogP contribution in [0.25, 0.3) is 5.65 Å². The van der Waals surface area contributed by atoms with E-state index in [4.69, 9.17) is 5.73 Å². The molecule has 1 aliphatic rings. The van der Waals surface area contributed by atoms with Gasteiger partial charge in [0, 0.05) is 12.6 Å². The largest absolute Gasteiger partial charge is 0.396 e. The molecule has 0 aromatic carbocycles. The number of anilines is 1. The summed E-state index contributed by atoms with van der Waals surface area (Å²) in [5, 5.41) is 11.7. The third kappa shape index (κ3) is 1.53. The predicted molar refractivity (Wildman–Crippen MR) is 62.1 cm³/mol. The molecule has 0 bridgehead atoms. The Morgan fingerprint density at radius 2 is 2.44 bits per heavy atom. The molecule has 3 N–H and O–H groups in total. The highest BCUT2D eigenvalue weighted by molar-refractivity contribution is 5.63. The number of nitrogens with two attached hydrogens (primary N) is 1. The van der Waals surface area contributed by atoms with Crippen molar-refractivity contribution in [3.8, 4) is 0 Å². The molecule has 3 heterocycles. The summed E-state index contributed by atoms with van der Waals surface area (Å²) in [5.41, 5.74) is 7.30. The Bertz CT molecular complexity index is 498. The molecule has 3 rings (SSSR count). The topological polar surface area (TPSA) is 68.2 Å². The third-order valence-electron chi connectivity index (χ3n) is 3.17. The van der Waals surface area contributed by atoms with Crippen molar-refractivity contribution < 1.29 is 0 Å². The van der Waals surface area contributed by atoms with Crippen LogP contribution in [0.3, 0.4) is 0 Å². The van der Waals surface area contributed by atoms with Gasteiger partial charge < -0.3 is 11.1 Å². The van der Waals surface area contributed by atoms with E-state index in [0.717, 1.165) is 31.0 Å². The smallest absolute Gasteiger partial charge is 0.183 e. The van der Waals surface area contributed by atoms with Crippen LogP contribution in [0.15, 0.2) is 18.3 Å². The van der Waals surface area contributed by atoms with Gasteiger partial charge in [-0.15, -0.1) is 10.2 Å². The molecule has 1 unspecified atom stereocenters. The second-order valence-corrected chi connectivity index (χ2v) is 4.34. The van der Waals surface area contributed by atoms with Crippen LogP contribution in [0.2, 0.25) is 0 Å². The number of nitrogens with one attached hydrogen (secondary N) is 1. The zero-order chi connectivity index (χ0) is 11.0. The second kappa shape index (κ2) is 3.75. The number of pyridine rings is 1. The summed E-state index contributed by atoms with van der Waals surface area (Å²) < 4.78 is 1.99. The highest BCUT2D eigenvalue weighted by atomic mass is 15.2. The number of hydrogen-bond acceptors (Lipinski definition) is 4. The highest BCUT2D eigenvalue weighted by Gasteiger charge is 2.18. The highest BCUT2D eigenvalue weighted by Crippen LogP contribution is 2.17. The second-order valence-electron chi connectivity index (χ2n) is 4.34. The predicted octanol–water partition coefficient (Wildman–Crippen LogP) is 0.463. The number of rotatable bonds is 2. The van der Waals surface area contributed by atoms with Crippen LogP contribution in [0.1, 0.15) is 12.2 Å². The average molecular weight is 217 g/mol. The van der Waals surface area contributed by atoms with Crippen molar-refractivity contribution in [1.29, 1.82) is 0 Å². The molecule has 2 aromatic rings. The lowest BCUT2D eigenvalue weighted by molar-refractivity contribution is 0.558. The summed E-state index contributed by atoms with van der Waals surface area (Å²) in [4.78, 5) is 0. The van der Waals surface area contributed by atoms with E-state index in [1.807, 2.05) is 22.7 Å². The SMILES string of the molecule is Nc1cccn2c(CC3CCNC3)nnc12. The molecular formula is C11H15N5. The molecule has 0 spiro atoms. The van der Waals surface area contributed by atoms with Crippen LogP contribution in [-0.2, 0) is 6.42 Å². The minimum Gasteiger partial charge on any atom is -0.396 e. The van der Waals surface area contributed by atoms with Crippen molar-refractivity contribution in [2.75, 3.05) is 18.8 Å². The summed E-state index contributed by atoms with van der Waals surface area (Å²) in [6.45, 7) is 2.20. The number of aromatic nitrogens is 3. The van der Waals surface area contributed by atoms with Crippen LogP contribution in [0, 0.1) is 5.92 Å². The van der Waals surface area contributed by atoms with Crippen molar-refractivity contribution in [2.24, 2.45) is 5.92 Å². The molecule has 5 heteroatoms. The number of nitrogen functional groups attached to an aromatic ring is 1. The van der Waals surface area contributed by atoms with Crippen molar-refractivity contribution in [2.45, 2.75) is 12.8 Å². The molecule has 16 heavy (non-hydrogen) atoms. The summed E-state index contributed by atoms with van der Waals surface area (Å²) in [5.74, 6) is 1.69. The minimum absolute atomic E-state index is 0.675. The van der Waals surface area contributed by atoms with Gasteiger partial charge in [-0.05, 0) is 37.6 Å². The van der Waals surface area contributed by atoms with Gasteiger partial charge in [-0.25, -0.2) is 0 Å². The maximum Gasteiger partial charge on any atom is 0.183 e. The first-order chi connectivity index (χ1) is 7.84. The standard InChI is InChI=1S/C11H15N5/c12-9-2-1-5-16-10(14-15-11(9)16)6-8-3-4-13-7-8/h1-2,5,8,13H,3-4,6-7,12H2. The first-order valence-electron chi connectivity index (χ1n) is 5.63. The summed E-state index contributed by atoms with van der Waals surface area (Å²) in [7, 11) is 0. The molecule has 5 nitrogen and oxygen atoms in total. The molecular weight excluding hydrogens is 202 g/mol. The lowest BCUT2D eigenvalue weighted by Gasteiger charge is -2.06. The molecule has 2 aromatic heterocycles. The van der Waals surface area contributed by atoms with E-state index in [-0.39, 0.29) is 0 Å². The Balaban J connectivity index is 1.94. The number of nitrogens with zero attached hydrogens (tertiary/aromatic N) is 3. The maximum absolute atomic E-state index is 5.84. The fourth-order valence-corrected chi connectivity index (χ4v) is 2.27. The van der Waals surface area contributed by atoms with Gasteiger partial charge in [0.15, 0.2) is 5.65 Å². The fraction of sp³-hybridized carbons (Fsp3) is 0.455. The maximum atomic E-state index is 5.84. The van der Waals surface area contributed by atoms with Gasteiger partial charge in [-0.1, -0.05) is 0 Å². The molecule has 1 saturated heterocycles. The molecule has 0 aliphatic carbocycles. The Labute approximate surface area is 93.7 Å². The Hall–Kier alpha value is -1.62. The molecule has 1 fully saturated rings. The Morgan fingerprint density at radius 3 is 3.25 bits per heavy atom. The van der Waals surface area contributed by atoms with E-state index in [1.54, 1.807) is 0 Å². The van der Waals surface area contributed by atoms with E-state index in [1.165, 1.54) is 6.42 Å². The Kier molecular flexibility index (Phi) is 2.25. The molecule has 84 valence electrons. The Morgan fingerprint density at radius 1 is 1.50 bits per heavy atom. The van der Waals surface area contributed by atoms with Gasteiger partial charge in [0.05, 0.1) is 5.69 Å². The average Bonchev–Trinajstić information content (AvgIpc) is 2.90. The lowest BCUT2D eigenvalue weighted by atomic mass is 10.1. The van der Waals surface area contributed by atoms with Crippen molar-refractivity contribution in [1.82, 2.24) is 19.9 Å². The van der Waals surface area contributed by atoms with Gasteiger partial charge in [-0.2, -0.15) is 0 Å². The summed E-state index contributed by atoms with van der Waals surface area (Å²) in [6.07, 6.45) is 4.16. The van der Waals surface area contributed by atoms with Crippen LogP contribution in [0.4, 0.5) is 5.69 Å².